The summed E-state index contributed by atoms with van der Waals surface area (Å²) in [5, 5.41) is 1.79. The predicted octanol–water partition coefficient (Wildman–Crippen LogP) is 4.17. The second-order valence-corrected chi connectivity index (χ2v) is 7.70. The molecule has 0 aliphatic heterocycles. The van der Waals surface area contributed by atoms with E-state index in [1.54, 1.807) is 28.8 Å². The summed E-state index contributed by atoms with van der Waals surface area (Å²) in [5.74, 6) is 1.12. The number of nitrogens with zero attached hydrogens (tertiary/aromatic N) is 2. The zero-order valence-corrected chi connectivity index (χ0v) is 17.5. The maximum absolute atomic E-state index is 12.9. The van der Waals surface area contributed by atoms with Gasteiger partial charge >= 0.3 is 5.97 Å². The van der Waals surface area contributed by atoms with Crippen molar-refractivity contribution < 1.29 is 14.3 Å². The lowest BCUT2D eigenvalue weighted by molar-refractivity contribution is -0.140. The molecule has 152 valence electrons. The van der Waals surface area contributed by atoms with Crippen molar-refractivity contribution in [2.24, 2.45) is 0 Å². The van der Waals surface area contributed by atoms with E-state index in [1.165, 1.54) is 18.9 Å². The molecule has 0 amide bonds. The van der Waals surface area contributed by atoms with E-state index in [9.17, 15) is 9.59 Å². The Morgan fingerprint density at radius 1 is 1.17 bits per heavy atom. The Labute approximate surface area is 177 Å². The zero-order valence-electron chi connectivity index (χ0n) is 16.0. The standard InChI is InChI=1S/C21H21ClN2O4S/c1-27-19(25)11-12-24-20(26)17-5-2-3-6-18(17)23-21(24)29-14-4-13-28-16-9-7-15(22)8-10-16/h2-3,5-10H,4,11-14H2,1H3. The number of methoxy groups -OCH3 is 1. The number of rotatable bonds is 9. The number of carbonyl (C=O) groups excluding carboxylic acids is 1. The number of halogens is 1. The highest BCUT2D eigenvalue weighted by molar-refractivity contribution is 7.99. The van der Waals surface area contributed by atoms with Crippen molar-refractivity contribution in [3.8, 4) is 5.75 Å². The lowest BCUT2D eigenvalue weighted by Crippen LogP contribution is -2.25. The molecule has 3 rings (SSSR count). The Bertz CT molecular complexity index is 1040. The highest BCUT2D eigenvalue weighted by Gasteiger charge is 2.13. The van der Waals surface area contributed by atoms with Crippen molar-refractivity contribution in [3.05, 3.63) is 63.9 Å². The first kappa shape index (κ1) is 21.2. The van der Waals surface area contributed by atoms with Gasteiger partial charge in [-0.3, -0.25) is 14.2 Å². The molecule has 3 aromatic rings. The molecule has 0 radical (unpaired) electrons. The Morgan fingerprint density at radius 3 is 2.69 bits per heavy atom. The molecule has 0 unspecified atom stereocenters. The molecule has 29 heavy (non-hydrogen) atoms. The van der Waals surface area contributed by atoms with Crippen molar-refractivity contribution in [1.82, 2.24) is 9.55 Å². The average Bonchev–Trinajstić information content (AvgIpc) is 2.74. The molecule has 0 aliphatic carbocycles. The summed E-state index contributed by atoms with van der Waals surface area (Å²) in [4.78, 5) is 29.0. The maximum Gasteiger partial charge on any atom is 0.307 e. The molecule has 0 atom stereocenters. The molecule has 1 aromatic heterocycles. The van der Waals surface area contributed by atoms with Gasteiger partial charge in [0, 0.05) is 17.3 Å². The van der Waals surface area contributed by atoms with E-state index in [-0.39, 0.29) is 24.5 Å². The second-order valence-electron chi connectivity index (χ2n) is 6.20. The average molecular weight is 433 g/mol. The van der Waals surface area contributed by atoms with Gasteiger partial charge in [-0.05, 0) is 42.8 Å². The van der Waals surface area contributed by atoms with Crippen LogP contribution in [0.5, 0.6) is 5.75 Å². The minimum Gasteiger partial charge on any atom is -0.494 e. The number of carbonyl (C=O) groups is 1. The van der Waals surface area contributed by atoms with E-state index in [0.717, 1.165) is 17.9 Å². The van der Waals surface area contributed by atoms with Crippen LogP contribution in [0.1, 0.15) is 12.8 Å². The van der Waals surface area contributed by atoms with Crippen LogP contribution in [0.3, 0.4) is 0 Å². The number of esters is 1. The van der Waals surface area contributed by atoms with Gasteiger partial charge < -0.3 is 9.47 Å². The van der Waals surface area contributed by atoms with Gasteiger partial charge in [-0.2, -0.15) is 0 Å². The number of benzene rings is 2. The van der Waals surface area contributed by atoms with Crippen molar-refractivity contribution in [1.29, 1.82) is 0 Å². The summed E-state index contributed by atoms with van der Waals surface area (Å²) in [5.41, 5.74) is 0.492. The number of fused-ring (bicyclic) bond motifs is 1. The van der Waals surface area contributed by atoms with E-state index in [1.807, 2.05) is 24.3 Å². The second kappa shape index (κ2) is 10.3. The van der Waals surface area contributed by atoms with Gasteiger partial charge in [0.1, 0.15) is 5.75 Å². The molecule has 0 spiro atoms. The lowest BCUT2D eigenvalue weighted by Gasteiger charge is -2.13. The van der Waals surface area contributed by atoms with Gasteiger partial charge in [-0.25, -0.2) is 4.98 Å². The first-order valence-electron chi connectivity index (χ1n) is 9.16. The number of aromatic nitrogens is 2. The van der Waals surface area contributed by atoms with Gasteiger partial charge in [0.25, 0.3) is 5.56 Å². The number of thioether (sulfide) groups is 1. The number of ether oxygens (including phenoxy) is 2. The van der Waals surface area contributed by atoms with Crippen LogP contribution in [0.4, 0.5) is 0 Å². The first-order valence-corrected chi connectivity index (χ1v) is 10.5. The minimum absolute atomic E-state index is 0.115. The highest BCUT2D eigenvalue weighted by atomic mass is 35.5. The molecule has 0 N–H and O–H groups in total. The molecule has 0 aliphatic rings. The monoisotopic (exact) mass is 432 g/mol. The summed E-state index contributed by atoms with van der Waals surface area (Å²) >= 11 is 7.34. The fourth-order valence-corrected chi connectivity index (χ4v) is 3.77. The molecular weight excluding hydrogens is 412 g/mol. The summed E-state index contributed by atoms with van der Waals surface area (Å²) < 4.78 is 11.9. The molecule has 0 fully saturated rings. The topological polar surface area (TPSA) is 70.4 Å². The fourth-order valence-electron chi connectivity index (χ4n) is 2.70. The van der Waals surface area contributed by atoms with Crippen LogP contribution >= 0.6 is 23.4 Å². The van der Waals surface area contributed by atoms with Crippen molar-refractivity contribution >= 4 is 40.2 Å². The van der Waals surface area contributed by atoms with Crippen LogP contribution in [-0.4, -0.2) is 35.0 Å². The Kier molecular flexibility index (Phi) is 7.55. The van der Waals surface area contributed by atoms with Crippen molar-refractivity contribution in [2.45, 2.75) is 24.5 Å². The third-order valence-corrected chi connectivity index (χ3v) is 5.51. The highest BCUT2D eigenvalue weighted by Crippen LogP contribution is 2.20. The summed E-state index contributed by atoms with van der Waals surface area (Å²) in [7, 11) is 1.33. The van der Waals surface area contributed by atoms with Gasteiger partial charge in [-0.15, -0.1) is 0 Å². The SMILES string of the molecule is COC(=O)CCn1c(SCCCOc2ccc(Cl)cc2)nc2ccccc2c1=O. The molecule has 0 saturated carbocycles. The quantitative estimate of drug-likeness (QED) is 0.219. The third-order valence-electron chi connectivity index (χ3n) is 4.20. The minimum atomic E-state index is -0.364. The Balaban J connectivity index is 1.67. The molecule has 1 heterocycles. The van der Waals surface area contributed by atoms with Crippen LogP contribution in [0.25, 0.3) is 10.9 Å². The Hall–Kier alpha value is -2.51. The number of hydrogen-bond donors (Lipinski definition) is 0. The lowest BCUT2D eigenvalue weighted by atomic mass is 10.2. The number of hydrogen-bond acceptors (Lipinski definition) is 6. The third kappa shape index (κ3) is 5.74. The molecule has 2 aromatic carbocycles. The number of para-hydroxylation sites is 1. The molecule has 0 saturated heterocycles. The molecule has 6 nitrogen and oxygen atoms in total. The van der Waals surface area contributed by atoms with Gasteiger partial charge in [-0.1, -0.05) is 35.5 Å². The summed E-state index contributed by atoms with van der Waals surface area (Å²) in [6.07, 6.45) is 0.886. The molecular formula is C21H21ClN2O4S. The van der Waals surface area contributed by atoms with Crippen molar-refractivity contribution in [2.75, 3.05) is 19.5 Å². The smallest absolute Gasteiger partial charge is 0.307 e. The van der Waals surface area contributed by atoms with E-state index in [4.69, 9.17) is 21.1 Å². The van der Waals surface area contributed by atoms with E-state index < -0.39 is 0 Å². The van der Waals surface area contributed by atoms with Crippen LogP contribution in [0.2, 0.25) is 5.02 Å². The van der Waals surface area contributed by atoms with E-state index in [0.29, 0.717) is 27.7 Å². The summed E-state index contributed by atoms with van der Waals surface area (Å²) in [6, 6.07) is 14.4. The zero-order chi connectivity index (χ0) is 20.6. The van der Waals surface area contributed by atoms with Crippen molar-refractivity contribution in [3.63, 3.8) is 0 Å². The fraction of sp³-hybridized carbons (Fsp3) is 0.286. The predicted molar refractivity (Wildman–Crippen MR) is 115 cm³/mol. The van der Waals surface area contributed by atoms with Crippen LogP contribution in [0.15, 0.2) is 58.5 Å². The normalized spacial score (nSPS) is 10.8. The molecule has 8 heteroatoms. The van der Waals surface area contributed by atoms with Gasteiger partial charge in [0.15, 0.2) is 5.16 Å². The van der Waals surface area contributed by atoms with E-state index >= 15 is 0 Å². The largest absolute Gasteiger partial charge is 0.494 e. The first-order chi connectivity index (χ1) is 14.1. The molecule has 0 bridgehead atoms. The van der Waals surface area contributed by atoms with Gasteiger partial charge in [0.2, 0.25) is 0 Å². The van der Waals surface area contributed by atoms with E-state index in [2.05, 4.69) is 4.98 Å². The summed E-state index contributed by atoms with van der Waals surface area (Å²) in [6.45, 7) is 0.765. The van der Waals surface area contributed by atoms with Crippen LogP contribution in [-0.2, 0) is 16.1 Å². The van der Waals surface area contributed by atoms with Crippen LogP contribution in [0, 0.1) is 0 Å². The maximum atomic E-state index is 12.9. The van der Waals surface area contributed by atoms with Crippen LogP contribution < -0.4 is 10.3 Å². The Morgan fingerprint density at radius 2 is 1.93 bits per heavy atom. The van der Waals surface area contributed by atoms with Gasteiger partial charge in [0.05, 0.1) is 31.0 Å².